The second-order valence-corrected chi connectivity index (χ2v) is 5.00. The molecule has 2 heteroatoms. The molecule has 12 heavy (non-hydrogen) atoms. The summed E-state index contributed by atoms with van der Waals surface area (Å²) >= 11 is 0. The second kappa shape index (κ2) is 2.46. The highest BCUT2D eigenvalue weighted by Crippen LogP contribution is 2.47. The van der Waals surface area contributed by atoms with Crippen molar-refractivity contribution in [3.8, 4) is 0 Å². The molecule has 0 aromatic heterocycles. The van der Waals surface area contributed by atoms with E-state index in [1.54, 1.807) is 0 Å². The van der Waals surface area contributed by atoms with E-state index in [4.69, 9.17) is 5.73 Å². The van der Waals surface area contributed by atoms with Crippen LogP contribution >= 0.6 is 0 Å². The Hall–Kier alpha value is -0.0800. The van der Waals surface area contributed by atoms with Crippen LogP contribution in [0.4, 0.5) is 0 Å². The summed E-state index contributed by atoms with van der Waals surface area (Å²) in [5.41, 5.74) is 5.90. The van der Waals surface area contributed by atoms with E-state index in [1.165, 1.54) is 12.8 Å². The maximum absolute atomic E-state index is 9.74. The van der Waals surface area contributed by atoms with Gasteiger partial charge in [0.2, 0.25) is 0 Å². The number of aliphatic hydroxyl groups is 1. The van der Waals surface area contributed by atoms with Crippen LogP contribution < -0.4 is 5.73 Å². The third-order valence-electron chi connectivity index (χ3n) is 3.70. The van der Waals surface area contributed by atoms with Crippen molar-refractivity contribution in [3.05, 3.63) is 0 Å². The Kier molecular flexibility index (Phi) is 1.74. The third-order valence-corrected chi connectivity index (χ3v) is 3.70. The molecule has 0 bridgehead atoms. The van der Waals surface area contributed by atoms with E-state index in [0.29, 0.717) is 5.92 Å². The van der Waals surface area contributed by atoms with Gasteiger partial charge in [-0.15, -0.1) is 0 Å². The average molecular weight is 169 g/mol. The summed E-state index contributed by atoms with van der Waals surface area (Å²) in [6.45, 7) is 1.94. The Morgan fingerprint density at radius 2 is 1.67 bits per heavy atom. The summed E-state index contributed by atoms with van der Waals surface area (Å²) in [5.74, 6) is 0.692. The van der Waals surface area contributed by atoms with Gasteiger partial charge in [-0.3, -0.25) is 0 Å². The van der Waals surface area contributed by atoms with Crippen LogP contribution in [0.15, 0.2) is 0 Å². The Labute approximate surface area is 74.1 Å². The summed E-state index contributed by atoms with van der Waals surface area (Å²) in [4.78, 5) is 0. The largest absolute Gasteiger partial charge is 0.390 e. The van der Waals surface area contributed by atoms with Crippen molar-refractivity contribution in [2.45, 2.75) is 56.6 Å². The fraction of sp³-hybridized carbons (Fsp3) is 1.00. The average Bonchev–Trinajstić information content (AvgIpc) is 2.68. The molecular formula is C10H19NO. The first-order valence-electron chi connectivity index (χ1n) is 5.03. The van der Waals surface area contributed by atoms with Gasteiger partial charge in [-0.2, -0.15) is 0 Å². The minimum Gasteiger partial charge on any atom is -0.390 e. The van der Waals surface area contributed by atoms with E-state index >= 15 is 0 Å². The van der Waals surface area contributed by atoms with E-state index < -0.39 is 5.60 Å². The van der Waals surface area contributed by atoms with Gasteiger partial charge in [-0.25, -0.2) is 0 Å². The highest BCUT2D eigenvalue weighted by atomic mass is 16.3. The van der Waals surface area contributed by atoms with Crippen LogP contribution in [0, 0.1) is 5.92 Å². The van der Waals surface area contributed by atoms with Gasteiger partial charge in [0.25, 0.3) is 0 Å². The minimum absolute atomic E-state index is 0.177. The zero-order valence-electron chi connectivity index (χ0n) is 7.84. The molecule has 0 amide bonds. The summed E-state index contributed by atoms with van der Waals surface area (Å²) in [6, 6.07) is 0. The lowest BCUT2D eigenvalue weighted by Crippen LogP contribution is -2.39. The van der Waals surface area contributed by atoms with Crippen LogP contribution in [0.3, 0.4) is 0 Å². The van der Waals surface area contributed by atoms with Gasteiger partial charge < -0.3 is 10.8 Å². The summed E-state index contributed by atoms with van der Waals surface area (Å²) in [6.07, 6.45) is 6.56. The van der Waals surface area contributed by atoms with Crippen molar-refractivity contribution in [3.63, 3.8) is 0 Å². The van der Waals surface area contributed by atoms with Crippen molar-refractivity contribution in [2.75, 3.05) is 0 Å². The van der Waals surface area contributed by atoms with E-state index in [1.807, 2.05) is 6.92 Å². The maximum atomic E-state index is 9.74. The zero-order valence-corrected chi connectivity index (χ0v) is 7.84. The van der Waals surface area contributed by atoms with E-state index in [0.717, 1.165) is 25.7 Å². The molecule has 2 aliphatic carbocycles. The van der Waals surface area contributed by atoms with Crippen LogP contribution in [0.5, 0.6) is 0 Å². The Morgan fingerprint density at radius 3 is 2.08 bits per heavy atom. The molecule has 3 N–H and O–H groups in total. The monoisotopic (exact) mass is 169 g/mol. The SMILES string of the molecule is CC1(O)CCC(C2(N)CC2)CC1. The number of nitrogens with two attached hydrogens (primary N) is 1. The summed E-state index contributed by atoms with van der Waals surface area (Å²) < 4.78 is 0. The molecule has 0 aliphatic heterocycles. The molecule has 0 unspecified atom stereocenters. The molecule has 0 aromatic rings. The van der Waals surface area contributed by atoms with Crippen LogP contribution in [-0.4, -0.2) is 16.2 Å². The Morgan fingerprint density at radius 1 is 1.17 bits per heavy atom. The smallest absolute Gasteiger partial charge is 0.0620 e. The van der Waals surface area contributed by atoms with Gasteiger partial charge in [0.1, 0.15) is 0 Å². The van der Waals surface area contributed by atoms with Gasteiger partial charge in [0.05, 0.1) is 5.60 Å². The minimum atomic E-state index is -0.401. The molecule has 2 saturated carbocycles. The highest BCUT2D eigenvalue weighted by Gasteiger charge is 2.47. The van der Waals surface area contributed by atoms with Crippen molar-refractivity contribution < 1.29 is 5.11 Å². The van der Waals surface area contributed by atoms with Gasteiger partial charge in [-0.05, 0) is 51.4 Å². The second-order valence-electron chi connectivity index (χ2n) is 5.00. The number of rotatable bonds is 1. The summed E-state index contributed by atoms with van der Waals surface area (Å²) in [7, 11) is 0. The van der Waals surface area contributed by atoms with Crippen molar-refractivity contribution in [1.29, 1.82) is 0 Å². The first-order valence-corrected chi connectivity index (χ1v) is 5.03. The number of hydrogen-bond acceptors (Lipinski definition) is 2. The van der Waals surface area contributed by atoms with Gasteiger partial charge in [-0.1, -0.05) is 0 Å². The van der Waals surface area contributed by atoms with Crippen LogP contribution in [-0.2, 0) is 0 Å². The van der Waals surface area contributed by atoms with Crippen LogP contribution in [0.2, 0.25) is 0 Å². The lowest BCUT2D eigenvalue weighted by Gasteiger charge is -2.35. The highest BCUT2D eigenvalue weighted by molar-refractivity contribution is 5.05. The molecule has 2 aliphatic rings. The van der Waals surface area contributed by atoms with Crippen LogP contribution in [0.1, 0.15) is 45.4 Å². The molecule has 0 radical (unpaired) electrons. The molecular weight excluding hydrogens is 150 g/mol. The predicted molar refractivity (Wildman–Crippen MR) is 48.7 cm³/mol. The molecule has 0 spiro atoms. The molecule has 2 rings (SSSR count). The molecule has 70 valence electrons. The predicted octanol–water partition coefficient (Wildman–Crippen LogP) is 1.42. The topological polar surface area (TPSA) is 46.2 Å². The van der Waals surface area contributed by atoms with E-state index in [-0.39, 0.29) is 5.54 Å². The normalized spacial score (nSPS) is 45.8. The van der Waals surface area contributed by atoms with Crippen molar-refractivity contribution in [1.82, 2.24) is 0 Å². The number of hydrogen-bond donors (Lipinski definition) is 2. The standard InChI is InChI=1S/C10H19NO/c1-9(12)4-2-8(3-5-9)10(11)6-7-10/h8,12H,2-7,11H2,1H3. The molecule has 0 saturated heterocycles. The molecule has 0 atom stereocenters. The quantitative estimate of drug-likeness (QED) is 0.623. The van der Waals surface area contributed by atoms with Crippen molar-refractivity contribution in [2.24, 2.45) is 11.7 Å². The van der Waals surface area contributed by atoms with Gasteiger partial charge in [0, 0.05) is 5.54 Å². The van der Waals surface area contributed by atoms with Gasteiger partial charge >= 0.3 is 0 Å². The van der Waals surface area contributed by atoms with Crippen LogP contribution in [0.25, 0.3) is 0 Å². The Bertz CT molecular complexity index is 174. The molecule has 0 heterocycles. The first kappa shape index (κ1) is 8.52. The lowest BCUT2D eigenvalue weighted by atomic mass is 9.76. The maximum Gasteiger partial charge on any atom is 0.0620 e. The van der Waals surface area contributed by atoms with Crippen molar-refractivity contribution >= 4 is 0 Å². The van der Waals surface area contributed by atoms with Gasteiger partial charge in [0.15, 0.2) is 0 Å². The Balaban J connectivity index is 1.90. The lowest BCUT2D eigenvalue weighted by molar-refractivity contribution is 0.00310. The third kappa shape index (κ3) is 1.50. The zero-order chi connectivity index (χ0) is 8.82. The summed E-state index contributed by atoms with van der Waals surface area (Å²) in [5, 5.41) is 9.74. The molecule has 0 aromatic carbocycles. The first-order chi connectivity index (χ1) is 5.52. The molecule has 2 nitrogen and oxygen atoms in total. The molecule has 2 fully saturated rings. The fourth-order valence-electron chi connectivity index (χ4n) is 2.37. The fourth-order valence-corrected chi connectivity index (χ4v) is 2.37. The van der Waals surface area contributed by atoms with E-state index in [9.17, 15) is 5.11 Å². The van der Waals surface area contributed by atoms with E-state index in [2.05, 4.69) is 0 Å².